The van der Waals surface area contributed by atoms with Gasteiger partial charge in [-0.25, -0.2) is 0 Å². The van der Waals surface area contributed by atoms with Gasteiger partial charge in [0.2, 0.25) is 5.91 Å². The van der Waals surface area contributed by atoms with Crippen LogP contribution in [0.25, 0.3) is 0 Å². The molecule has 0 radical (unpaired) electrons. The molecular formula is C13H18N2O. The summed E-state index contributed by atoms with van der Waals surface area (Å²) in [6.45, 7) is 2.99. The summed E-state index contributed by atoms with van der Waals surface area (Å²) in [6.07, 6.45) is 1.50. The normalized spacial score (nSPS) is 26.7. The molecule has 3 nitrogen and oxygen atoms in total. The number of carbonyl (C=O) groups excluding carboxylic acids is 1. The first kappa shape index (κ1) is 11.1. The fourth-order valence-electron chi connectivity index (χ4n) is 2.06. The molecule has 1 aromatic rings. The number of rotatable bonds is 1. The number of nitrogens with one attached hydrogen (secondary N) is 2. The first-order chi connectivity index (χ1) is 7.75. The fraction of sp³-hybridized carbons (Fsp3) is 0.462. The molecule has 0 aliphatic carbocycles. The Hall–Kier alpha value is -1.35. The largest absolute Gasteiger partial charge is 0.354 e. The molecule has 16 heavy (non-hydrogen) atoms. The predicted molar refractivity (Wildman–Crippen MR) is 64.0 cm³/mol. The lowest BCUT2D eigenvalue weighted by Crippen LogP contribution is -2.41. The van der Waals surface area contributed by atoms with E-state index in [-0.39, 0.29) is 18.0 Å². The van der Waals surface area contributed by atoms with Crippen LogP contribution in [0.2, 0.25) is 0 Å². The third-order valence-electron chi connectivity index (χ3n) is 2.97. The average molecular weight is 218 g/mol. The highest BCUT2D eigenvalue weighted by Gasteiger charge is 2.19. The Kier molecular flexibility index (Phi) is 3.57. The summed E-state index contributed by atoms with van der Waals surface area (Å²) >= 11 is 0. The first-order valence-electron chi connectivity index (χ1n) is 5.83. The summed E-state index contributed by atoms with van der Waals surface area (Å²) < 4.78 is 0. The van der Waals surface area contributed by atoms with Gasteiger partial charge in [0.05, 0.1) is 0 Å². The van der Waals surface area contributed by atoms with Crippen LogP contribution in [0.5, 0.6) is 0 Å². The van der Waals surface area contributed by atoms with E-state index in [9.17, 15) is 4.79 Å². The zero-order chi connectivity index (χ0) is 11.4. The standard InChI is InChI=1S/C13H18N2O/c1-10-7-8-14-12(9-13(16)15-10)11-5-3-2-4-6-11/h2-6,10,12,14H,7-9H2,1H3,(H,15,16)/t10-,12+/m1/s1. The van der Waals surface area contributed by atoms with E-state index < -0.39 is 0 Å². The van der Waals surface area contributed by atoms with E-state index in [1.807, 2.05) is 25.1 Å². The van der Waals surface area contributed by atoms with E-state index in [1.54, 1.807) is 0 Å². The lowest BCUT2D eigenvalue weighted by Gasteiger charge is -2.25. The minimum atomic E-state index is 0.133. The second-order valence-electron chi connectivity index (χ2n) is 4.38. The Morgan fingerprint density at radius 1 is 1.25 bits per heavy atom. The molecule has 1 amide bonds. The molecule has 0 aromatic heterocycles. The average Bonchev–Trinajstić information content (AvgIpc) is 2.26. The number of hydrogen-bond acceptors (Lipinski definition) is 2. The highest BCUT2D eigenvalue weighted by atomic mass is 16.1. The fourth-order valence-corrected chi connectivity index (χ4v) is 2.06. The zero-order valence-electron chi connectivity index (χ0n) is 9.57. The summed E-state index contributed by atoms with van der Waals surface area (Å²) in [6, 6.07) is 10.6. The molecule has 2 N–H and O–H groups in total. The van der Waals surface area contributed by atoms with Crippen LogP contribution in [-0.2, 0) is 4.79 Å². The van der Waals surface area contributed by atoms with Crippen molar-refractivity contribution in [3.05, 3.63) is 35.9 Å². The Bertz CT molecular complexity index is 350. The van der Waals surface area contributed by atoms with E-state index in [0.717, 1.165) is 13.0 Å². The van der Waals surface area contributed by atoms with Crippen LogP contribution >= 0.6 is 0 Å². The van der Waals surface area contributed by atoms with Gasteiger partial charge < -0.3 is 10.6 Å². The van der Waals surface area contributed by atoms with Gasteiger partial charge in [0.25, 0.3) is 0 Å². The van der Waals surface area contributed by atoms with E-state index in [1.165, 1.54) is 5.56 Å². The van der Waals surface area contributed by atoms with E-state index >= 15 is 0 Å². The van der Waals surface area contributed by atoms with Gasteiger partial charge in [0.15, 0.2) is 0 Å². The van der Waals surface area contributed by atoms with Gasteiger partial charge in [-0.05, 0) is 25.5 Å². The third kappa shape index (κ3) is 2.83. The molecule has 1 heterocycles. The van der Waals surface area contributed by atoms with Crippen molar-refractivity contribution in [1.29, 1.82) is 0 Å². The van der Waals surface area contributed by atoms with Crippen molar-refractivity contribution < 1.29 is 4.79 Å². The van der Waals surface area contributed by atoms with Crippen molar-refractivity contribution in [3.8, 4) is 0 Å². The molecular weight excluding hydrogens is 200 g/mol. The summed E-state index contributed by atoms with van der Waals surface area (Å²) in [7, 11) is 0. The Morgan fingerprint density at radius 3 is 2.75 bits per heavy atom. The van der Waals surface area contributed by atoms with E-state index in [0.29, 0.717) is 6.42 Å². The Balaban J connectivity index is 2.07. The predicted octanol–water partition coefficient (Wildman–Crippen LogP) is 1.62. The number of amides is 1. The van der Waals surface area contributed by atoms with E-state index in [2.05, 4.69) is 22.8 Å². The maximum absolute atomic E-state index is 11.7. The van der Waals surface area contributed by atoms with Crippen molar-refractivity contribution in [1.82, 2.24) is 10.6 Å². The maximum Gasteiger partial charge on any atom is 0.222 e. The summed E-state index contributed by atoms with van der Waals surface area (Å²) in [5.74, 6) is 0.133. The van der Waals surface area contributed by atoms with Gasteiger partial charge >= 0.3 is 0 Å². The molecule has 1 saturated heterocycles. The molecule has 0 bridgehead atoms. The second kappa shape index (κ2) is 5.12. The molecule has 1 aromatic carbocycles. The quantitative estimate of drug-likeness (QED) is 0.752. The minimum absolute atomic E-state index is 0.133. The van der Waals surface area contributed by atoms with Gasteiger partial charge in [-0.3, -0.25) is 4.79 Å². The Labute approximate surface area is 96.2 Å². The highest BCUT2D eigenvalue weighted by molar-refractivity contribution is 5.77. The monoisotopic (exact) mass is 218 g/mol. The molecule has 0 spiro atoms. The van der Waals surface area contributed by atoms with Crippen LogP contribution in [0, 0.1) is 0 Å². The minimum Gasteiger partial charge on any atom is -0.354 e. The molecule has 1 fully saturated rings. The maximum atomic E-state index is 11.7. The van der Waals surface area contributed by atoms with Gasteiger partial charge in [-0.2, -0.15) is 0 Å². The van der Waals surface area contributed by atoms with Crippen LogP contribution < -0.4 is 10.6 Å². The van der Waals surface area contributed by atoms with Gasteiger partial charge in [-0.15, -0.1) is 0 Å². The van der Waals surface area contributed by atoms with Crippen molar-refractivity contribution in [2.75, 3.05) is 6.54 Å². The number of hydrogen-bond donors (Lipinski definition) is 2. The van der Waals surface area contributed by atoms with Crippen molar-refractivity contribution in [2.45, 2.75) is 31.8 Å². The van der Waals surface area contributed by atoms with Crippen LogP contribution in [0.3, 0.4) is 0 Å². The van der Waals surface area contributed by atoms with Crippen LogP contribution in [-0.4, -0.2) is 18.5 Å². The van der Waals surface area contributed by atoms with Crippen molar-refractivity contribution in [3.63, 3.8) is 0 Å². The molecule has 1 aliphatic rings. The molecule has 1 aliphatic heterocycles. The SMILES string of the molecule is C[C@@H]1CCN[C@H](c2ccccc2)CC(=O)N1. The van der Waals surface area contributed by atoms with Crippen molar-refractivity contribution in [2.24, 2.45) is 0 Å². The second-order valence-corrected chi connectivity index (χ2v) is 4.38. The molecule has 3 heteroatoms. The summed E-state index contributed by atoms with van der Waals surface area (Å²) in [5, 5.41) is 6.44. The molecule has 2 rings (SSSR count). The molecule has 0 unspecified atom stereocenters. The smallest absolute Gasteiger partial charge is 0.222 e. The number of benzene rings is 1. The summed E-state index contributed by atoms with van der Waals surface area (Å²) in [5.41, 5.74) is 1.19. The lowest BCUT2D eigenvalue weighted by atomic mass is 10.0. The van der Waals surface area contributed by atoms with Crippen LogP contribution in [0.1, 0.15) is 31.4 Å². The topological polar surface area (TPSA) is 41.1 Å². The lowest BCUT2D eigenvalue weighted by molar-refractivity contribution is -0.122. The van der Waals surface area contributed by atoms with Gasteiger partial charge in [-0.1, -0.05) is 30.3 Å². The first-order valence-corrected chi connectivity index (χ1v) is 5.83. The highest BCUT2D eigenvalue weighted by Crippen LogP contribution is 2.17. The number of carbonyl (C=O) groups is 1. The molecule has 0 saturated carbocycles. The van der Waals surface area contributed by atoms with Crippen LogP contribution in [0.15, 0.2) is 30.3 Å². The molecule has 2 atom stereocenters. The zero-order valence-corrected chi connectivity index (χ0v) is 9.57. The van der Waals surface area contributed by atoms with Gasteiger partial charge in [0, 0.05) is 18.5 Å². The summed E-state index contributed by atoms with van der Waals surface area (Å²) in [4.78, 5) is 11.7. The Morgan fingerprint density at radius 2 is 2.00 bits per heavy atom. The third-order valence-corrected chi connectivity index (χ3v) is 2.97. The van der Waals surface area contributed by atoms with Gasteiger partial charge in [0.1, 0.15) is 0 Å². The molecule has 86 valence electrons. The van der Waals surface area contributed by atoms with Crippen LogP contribution in [0.4, 0.5) is 0 Å². The van der Waals surface area contributed by atoms with E-state index in [4.69, 9.17) is 0 Å². The van der Waals surface area contributed by atoms with Crippen molar-refractivity contribution >= 4 is 5.91 Å².